The van der Waals surface area contributed by atoms with E-state index in [1.165, 1.54) is 6.92 Å². The second-order valence-corrected chi connectivity index (χ2v) is 3.93. The van der Waals surface area contributed by atoms with Crippen molar-refractivity contribution in [2.24, 2.45) is 0 Å². The summed E-state index contributed by atoms with van der Waals surface area (Å²) in [6.07, 6.45) is -4.99. The number of hydrogen-bond donors (Lipinski definition) is 1. The summed E-state index contributed by atoms with van der Waals surface area (Å²) in [4.78, 5) is 11.7. The number of rotatable bonds is 4. The van der Waals surface area contributed by atoms with Crippen LogP contribution in [0.15, 0.2) is 18.2 Å². The zero-order valence-corrected chi connectivity index (χ0v) is 11.1. The van der Waals surface area contributed by atoms with Gasteiger partial charge in [-0.1, -0.05) is 0 Å². The molecule has 0 aliphatic carbocycles. The first-order chi connectivity index (χ1) is 10.3. The second-order valence-electron chi connectivity index (χ2n) is 3.93. The molecular formula is C12H9F4N3O3. The molecule has 1 aromatic heterocycles. The van der Waals surface area contributed by atoms with Gasteiger partial charge in [0.1, 0.15) is 17.3 Å². The van der Waals surface area contributed by atoms with E-state index in [9.17, 15) is 22.4 Å². The summed E-state index contributed by atoms with van der Waals surface area (Å²) in [5.74, 6) is -2.45. The molecule has 0 saturated heterocycles. The number of benzene rings is 1. The van der Waals surface area contributed by atoms with Crippen LogP contribution < -0.4 is 4.74 Å². The summed E-state index contributed by atoms with van der Waals surface area (Å²) in [5, 5.41) is 9.16. The molecule has 1 N–H and O–H groups in total. The van der Waals surface area contributed by atoms with Crippen molar-refractivity contribution in [3.63, 3.8) is 0 Å². The van der Waals surface area contributed by atoms with Crippen molar-refractivity contribution in [1.29, 1.82) is 0 Å². The SMILES string of the molecule is CCOC(=O)c1n[nH]nc1-c1cc(F)ccc1OC(F)(F)F. The Bertz CT molecular complexity index is 684. The van der Waals surface area contributed by atoms with Crippen LogP contribution in [0.25, 0.3) is 11.3 Å². The molecule has 1 heterocycles. The van der Waals surface area contributed by atoms with Gasteiger partial charge in [-0.05, 0) is 25.1 Å². The van der Waals surface area contributed by atoms with E-state index in [1.807, 2.05) is 0 Å². The highest BCUT2D eigenvalue weighted by atomic mass is 19.4. The molecule has 0 atom stereocenters. The number of H-pyrrole nitrogens is 1. The zero-order valence-electron chi connectivity index (χ0n) is 11.1. The third-order valence-corrected chi connectivity index (χ3v) is 2.44. The summed E-state index contributed by atoms with van der Waals surface area (Å²) in [6, 6.07) is 2.32. The lowest BCUT2D eigenvalue weighted by Crippen LogP contribution is -2.18. The van der Waals surface area contributed by atoms with Crippen molar-refractivity contribution in [3.8, 4) is 17.0 Å². The van der Waals surface area contributed by atoms with Gasteiger partial charge in [-0.15, -0.1) is 18.3 Å². The van der Waals surface area contributed by atoms with Crippen molar-refractivity contribution in [2.45, 2.75) is 13.3 Å². The highest BCUT2D eigenvalue weighted by Gasteiger charge is 2.33. The molecule has 22 heavy (non-hydrogen) atoms. The van der Waals surface area contributed by atoms with E-state index in [0.29, 0.717) is 0 Å². The second kappa shape index (κ2) is 6.00. The molecule has 0 spiro atoms. The predicted molar refractivity (Wildman–Crippen MR) is 64.4 cm³/mol. The lowest BCUT2D eigenvalue weighted by molar-refractivity contribution is -0.274. The lowest BCUT2D eigenvalue weighted by atomic mass is 10.1. The van der Waals surface area contributed by atoms with Crippen LogP contribution in [0.4, 0.5) is 17.6 Å². The standard InChI is InChI=1S/C12H9F4N3O3/c1-2-21-11(20)10-9(17-19-18-10)7-5-6(13)3-4-8(7)22-12(14,15)16/h3-5H,2H2,1H3,(H,17,18,19). The molecule has 0 amide bonds. The van der Waals surface area contributed by atoms with Gasteiger partial charge in [0.05, 0.1) is 6.61 Å². The Morgan fingerprint density at radius 3 is 2.68 bits per heavy atom. The van der Waals surface area contributed by atoms with Crippen LogP contribution in [-0.4, -0.2) is 34.3 Å². The number of esters is 1. The molecular weight excluding hydrogens is 310 g/mol. The van der Waals surface area contributed by atoms with Crippen LogP contribution in [0.3, 0.4) is 0 Å². The average Bonchev–Trinajstić information content (AvgIpc) is 2.89. The van der Waals surface area contributed by atoms with Gasteiger partial charge in [0, 0.05) is 5.56 Å². The predicted octanol–water partition coefficient (Wildman–Crippen LogP) is 2.69. The Balaban J connectivity index is 2.51. The topological polar surface area (TPSA) is 77.1 Å². The first kappa shape index (κ1) is 15.7. The average molecular weight is 319 g/mol. The maximum atomic E-state index is 13.3. The zero-order chi connectivity index (χ0) is 16.3. The third kappa shape index (κ3) is 3.51. The maximum absolute atomic E-state index is 13.3. The highest BCUT2D eigenvalue weighted by Crippen LogP contribution is 2.34. The van der Waals surface area contributed by atoms with Crippen LogP contribution in [-0.2, 0) is 4.74 Å². The van der Waals surface area contributed by atoms with E-state index < -0.39 is 23.9 Å². The largest absolute Gasteiger partial charge is 0.573 e. The lowest BCUT2D eigenvalue weighted by Gasteiger charge is -2.12. The number of alkyl halides is 3. The number of carbonyl (C=O) groups excluding carboxylic acids is 1. The number of carbonyl (C=O) groups is 1. The number of ether oxygens (including phenoxy) is 2. The number of nitrogens with zero attached hydrogens (tertiary/aromatic N) is 2. The first-order valence-electron chi connectivity index (χ1n) is 5.95. The molecule has 10 heteroatoms. The number of nitrogens with one attached hydrogen (secondary N) is 1. The molecule has 0 aliphatic rings. The van der Waals surface area contributed by atoms with Gasteiger partial charge in [-0.2, -0.15) is 10.3 Å². The van der Waals surface area contributed by atoms with Gasteiger partial charge in [0.2, 0.25) is 0 Å². The van der Waals surface area contributed by atoms with E-state index in [2.05, 4.69) is 20.1 Å². The third-order valence-electron chi connectivity index (χ3n) is 2.44. The molecule has 0 bridgehead atoms. The molecule has 1 aromatic carbocycles. The molecule has 0 fully saturated rings. The fraction of sp³-hybridized carbons (Fsp3) is 0.250. The summed E-state index contributed by atoms with van der Waals surface area (Å²) >= 11 is 0. The fourth-order valence-electron chi connectivity index (χ4n) is 1.66. The molecule has 6 nitrogen and oxygen atoms in total. The number of hydrogen-bond acceptors (Lipinski definition) is 5. The normalized spacial score (nSPS) is 11.3. The molecule has 2 aromatic rings. The van der Waals surface area contributed by atoms with E-state index >= 15 is 0 Å². The van der Waals surface area contributed by atoms with Crippen LogP contribution in [0.5, 0.6) is 5.75 Å². The van der Waals surface area contributed by atoms with Crippen molar-refractivity contribution in [2.75, 3.05) is 6.61 Å². The summed E-state index contributed by atoms with van der Waals surface area (Å²) in [7, 11) is 0. The van der Waals surface area contributed by atoms with E-state index in [0.717, 1.165) is 18.2 Å². The van der Waals surface area contributed by atoms with Crippen molar-refractivity contribution >= 4 is 5.97 Å². The molecule has 0 radical (unpaired) electrons. The minimum Gasteiger partial charge on any atom is -0.461 e. The number of halogens is 4. The monoisotopic (exact) mass is 319 g/mol. The Hall–Kier alpha value is -2.65. The molecule has 0 aliphatic heterocycles. The Morgan fingerprint density at radius 2 is 2.05 bits per heavy atom. The maximum Gasteiger partial charge on any atom is 0.573 e. The van der Waals surface area contributed by atoms with Gasteiger partial charge in [-0.3, -0.25) is 0 Å². The molecule has 118 valence electrons. The van der Waals surface area contributed by atoms with Gasteiger partial charge >= 0.3 is 12.3 Å². The quantitative estimate of drug-likeness (QED) is 0.692. The minimum absolute atomic E-state index is 0.0280. The number of aromatic amines is 1. The van der Waals surface area contributed by atoms with Crippen LogP contribution in [0, 0.1) is 5.82 Å². The Kier molecular flexibility index (Phi) is 4.29. The van der Waals surface area contributed by atoms with Crippen molar-refractivity contribution < 1.29 is 31.8 Å². The van der Waals surface area contributed by atoms with Gasteiger partial charge in [-0.25, -0.2) is 9.18 Å². The summed E-state index contributed by atoms with van der Waals surface area (Å²) in [5.41, 5.74) is -1.06. The Morgan fingerprint density at radius 1 is 1.32 bits per heavy atom. The van der Waals surface area contributed by atoms with E-state index in [-0.39, 0.29) is 23.6 Å². The van der Waals surface area contributed by atoms with Crippen LogP contribution in [0.2, 0.25) is 0 Å². The Labute approximate surface area is 121 Å². The first-order valence-corrected chi connectivity index (χ1v) is 5.95. The van der Waals surface area contributed by atoms with Gasteiger partial charge in [0.25, 0.3) is 0 Å². The smallest absolute Gasteiger partial charge is 0.461 e. The fourth-order valence-corrected chi connectivity index (χ4v) is 1.66. The van der Waals surface area contributed by atoms with Crippen molar-refractivity contribution in [1.82, 2.24) is 15.4 Å². The highest BCUT2D eigenvalue weighted by molar-refractivity contribution is 5.94. The number of aromatic nitrogens is 3. The van der Waals surface area contributed by atoms with Crippen LogP contribution >= 0.6 is 0 Å². The summed E-state index contributed by atoms with van der Waals surface area (Å²) in [6.45, 7) is 1.57. The summed E-state index contributed by atoms with van der Waals surface area (Å²) < 4.78 is 59.0. The van der Waals surface area contributed by atoms with Crippen LogP contribution in [0.1, 0.15) is 17.4 Å². The van der Waals surface area contributed by atoms with E-state index in [1.54, 1.807) is 0 Å². The van der Waals surface area contributed by atoms with E-state index in [4.69, 9.17) is 4.74 Å². The molecule has 0 unspecified atom stereocenters. The van der Waals surface area contributed by atoms with Gasteiger partial charge < -0.3 is 9.47 Å². The molecule has 0 saturated carbocycles. The van der Waals surface area contributed by atoms with Gasteiger partial charge in [0.15, 0.2) is 5.69 Å². The minimum atomic E-state index is -4.99. The van der Waals surface area contributed by atoms with Crippen molar-refractivity contribution in [3.05, 3.63) is 29.7 Å². The molecule has 2 rings (SSSR count).